The Morgan fingerprint density at radius 1 is 1.05 bits per heavy atom. The van der Waals surface area contributed by atoms with E-state index in [0.29, 0.717) is 12.1 Å². The normalized spacial score (nSPS) is 11.9. The Hall–Kier alpha value is -2.17. The standard InChI is InChI=1S/C16H17NO3/c17-10-12-6-8-14(9-7-12)15(18)16(19)20-11-13-4-2-1-3-5-13/h1-9,15,18H,10-11,17H2. The minimum atomic E-state index is -1.27. The van der Waals surface area contributed by atoms with Crippen LogP contribution in [0.15, 0.2) is 54.6 Å². The van der Waals surface area contributed by atoms with E-state index in [-0.39, 0.29) is 6.61 Å². The average molecular weight is 271 g/mol. The molecule has 0 bridgehead atoms. The Labute approximate surface area is 117 Å². The third-order valence-electron chi connectivity index (χ3n) is 2.98. The van der Waals surface area contributed by atoms with Gasteiger partial charge in [-0.3, -0.25) is 0 Å². The summed E-state index contributed by atoms with van der Waals surface area (Å²) in [7, 11) is 0. The van der Waals surface area contributed by atoms with E-state index >= 15 is 0 Å². The molecule has 0 aliphatic heterocycles. The third-order valence-corrected chi connectivity index (χ3v) is 2.98. The number of ether oxygens (including phenoxy) is 1. The summed E-state index contributed by atoms with van der Waals surface area (Å²) < 4.78 is 5.09. The number of aliphatic hydroxyl groups excluding tert-OH is 1. The Balaban J connectivity index is 1.94. The second-order valence-electron chi connectivity index (χ2n) is 4.44. The quantitative estimate of drug-likeness (QED) is 0.815. The summed E-state index contributed by atoms with van der Waals surface area (Å²) in [4.78, 5) is 11.8. The molecular weight excluding hydrogens is 254 g/mol. The lowest BCUT2D eigenvalue weighted by molar-refractivity contribution is -0.155. The Kier molecular flexibility index (Phi) is 4.87. The first kappa shape index (κ1) is 14.2. The van der Waals surface area contributed by atoms with Crippen molar-refractivity contribution in [2.75, 3.05) is 0 Å². The van der Waals surface area contributed by atoms with Crippen LogP contribution in [0.1, 0.15) is 22.8 Å². The van der Waals surface area contributed by atoms with Gasteiger partial charge in [-0.1, -0.05) is 54.6 Å². The van der Waals surface area contributed by atoms with Crippen LogP contribution in [-0.2, 0) is 22.7 Å². The first-order valence-corrected chi connectivity index (χ1v) is 6.38. The predicted molar refractivity (Wildman–Crippen MR) is 75.5 cm³/mol. The van der Waals surface area contributed by atoms with Crippen molar-refractivity contribution in [2.45, 2.75) is 19.3 Å². The Morgan fingerprint density at radius 2 is 1.70 bits per heavy atom. The van der Waals surface area contributed by atoms with Crippen LogP contribution in [0.4, 0.5) is 0 Å². The lowest BCUT2D eigenvalue weighted by atomic mass is 10.1. The van der Waals surface area contributed by atoms with E-state index in [1.807, 2.05) is 30.3 Å². The largest absolute Gasteiger partial charge is 0.459 e. The molecule has 0 amide bonds. The molecule has 0 saturated heterocycles. The first-order chi connectivity index (χ1) is 9.70. The molecule has 0 spiro atoms. The van der Waals surface area contributed by atoms with Crippen LogP contribution in [0.5, 0.6) is 0 Å². The van der Waals surface area contributed by atoms with Crippen molar-refractivity contribution in [2.24, 2.45) is 5.73 Å². The summed E-state index contributed by atoms with van der Waals surface area (Å²) in [5.74, 6) is -0.658. The Morgan fingerprint density at radius 3 is 2.30 bits per heavy atom. The summed E-state index contributed by atoms with van der Waals surface area (Å²) >= 11 is 0. The van der Waals surface area contributed by atoms with Crippen molar-refractivity contribution in [3.63, 3.8) is 0 Å². The van der Waals surface area contributed by atoms with Gasteiger partial charge in [0, 0.05) is 6.54 Å². The van der Waals surface area contributed by atoms with Crippen LogP contribution in [0.3, 0.4) is 0 Å². The van der Waals surface area contributed by atoms with E-state index < -0.39 is 12.1 Å². The number of esters is 1. The van der Waals surface area contributed by atoms with Gasteiger partial charge in [0.2, 0.25) is 0 Å². The monoisotopic (exact) mass is 271 g/mol. The predicted octanol–water partition coefficient (Wildman–Crippen LogP) is 1.92. The summed E-state index contributed by atoms with van der Waals surface area (Å²) in [5, 5.41) is 9.92. The highest BCUT2D eigenvalue weighted by Gasteiger charge is 2.18. The second kappa shape index (κ2) is 6.84. The van der Waals surface area contributed by atoms with Gasteiger partial charge in [-0.25, -0.2) is 4.79 Å². The number of carbonyl (C=O) groups is 1. The summed E-state index contributed by atoms with van der Waals surface area (Å²) in [5.41, 5.74) is 7.82. The molecule has 1 unspecified atom stereocenters. The molecule has 0 fully saturated rings. The molecule has 0 aliphatic carbocycles. The average Bonchev–Trinajstić information content (AvgIpc) is 2.53. The minimum Gasteiger partial charge on any atom is -0.459 e. The highest BCUT2D eigenvalue weighted by molar-refractivity contribution is 5.76. The molecule has 20 heavy (non-hydrogen) atoms. The molecule has 0 saturated carbocycles. The van der Waals surface area contributed by atoms with Gasteiger partial charge in [0.15, 0.2) is 6.10 Å². The minimum absolute atomic E-state index is 0.150. The van der Waals surface area contributed by atoms with E-state index in [4.69, 9.17) is 10.5 Å². The summed E-state index contributed by atoms with van der Waals surface area (Å²) in [6.45, 7) is 0.576. The van der Waals surface area contributed by atoms with E-state index in [2.05, 4.69) is 0 Å². The van der Waals surface area contributed by atoms with Crippen LogP contribution in [0, 0.1) is 0 Å². The lowest BCUT2D eigenvalue weighted by Crippen LogP contribution is -2.15. The zero-order valence-electron chi connectivity index (χ0n) is 11.0. The van der Waals surface area contributed by atoms with Crippen LogP contribution in [0.25, 0.3) is 0 Å². The van der Waals surface area contributed by atoms with Crippen molar-refractivity contribution in [1.29, 1.82) is 0 Å². The van der Waals surface area contributed by atoms with Gasteiger partial charge in [0.1, 0.15) is 6.61 Å². The van der Waals surface area contributed by atoms with E-state index in [1.54, 1.807) is 24.3 Å². The van der Waals surface area contributed by atoms with Crippen LogP contribution < -0.4 is 5.73 Å². The van der Waals surface area contributed by atoms with E-state index in [1.165, 1.54) is 0 Å². The maximum absolute atomic E-state index is 11.8. The summed E-state index contributed by atoms with van der Waals surface area (Å²) in [6.07, 6.45) is -1.27. The van der Waals surface area contributed by atoms with Crippen molar-refractivity contribution >= 4 is 5.97 Å². The third kappa shape index (κ3) is 3.66. The number of benzene rings is 2. The van der Waals surface area contributed by atoms with Gasteiger partial charge in [0.25, 0.3) is 0 Å². The molecule has 2 aromatic carbocycles. The van der Waals surface area contributed by atoms with Crippen LogP contribution in [-0.4, -0.2) is 11.1 Å². The van der Waals surface area contributed by atoms with Gasteiger partial charge < -0.3 is 15.6 Å². The van der Waals surface area contributed by atoms with Crippen molar-refractivity contribution < 1.29 is 14.6 Å². The number of rotatable bonds is 5. The highest BCUT2D eigenvalue weighted by Crippen LogP contribution is 2.16. The van der Waals surface area contributed by atoms with Crippen LogP contribution in [0.2, 0.25) is 0 Å². The van der Waals surface area contributed by atoms with Crippen molar-refractivity contribution in [1.82, 2.24) is 0 Å². The fraction of sp³-hybridized carbons (Fsp3) is 0.188. The number of hydrogen-bond acceptors (Lipinski definition) is 4. The molecule has 2 rings (SSSR count). The molecule has 3 N–H and O–H groups in total. The molecule has 0 heterocycles. The number of nitrogens with two attached hydrogens (primary N) is 1. The topological polar surface area (TPSA) is 72.5 Å². The van der Waals surface area contributed by atoms with Gasteiger partial charge in [-0.15, -0.1) is 0 Å². The molecule has 0 radical (unpaired) electrons. The lowest BCUT2D eigenvalue weighted by Gasteiger charge is -2.11. The molecule has 4 heteroatoms. The second-order valence-corrected chi connectivity index (χ2v) is 4.44. The van der Waals surface area contributed by atoms with Crippen molar-refractivity contribution in [3.05, 3.63) is 71.3 Å². The van der Waals surface area contributed by atoms with Crippen LogP contribution >= 0.6 is 0 Å². The van der Waals surface area contributed by atoms with Gasteiger partial charge in [-0.05, 0) is 16.7 Å². The molecule has 2 aromatic rings. The Bertz CT molecular complexity index is 552. The van der Waals surface area contributed by atoms with Crippen molar-refractivity contribution in [3.8, 4) is 0 Å². The molecule has 4 nitrogen and oxygen atoms in total. The SMILES string of the molecule is NCc1ccc(C(O)C(=O)OCc2ccccc2)cc1. The maximum Gasteiger partial charge on any atom is 0.339 e. The number of carbonyl (C=O) groups excluding carboxylic acids is 1. The molecular formula is C16H17NO3. The first-order valence-electron chi connectivity index (χ1n) is 6.38. The molecule has 0 aliphatic rings. The highest BCUT2D eigenvalue weighted by atomic mass is 16.5. The molecule has 0 aromatic heterocycles. The van der Waals surface area contributed by atoms with E-state index in [0.717, 1.165) is 11.1 Å². The molecule has 104 valence electrons. The van der Waals surface area contributed by atoms with Gasteiger partial charge in [0.05, 0.1) is 0 Å². The number of hydrogen-bond donors (Lipinski definition) is 2. The fourth-order valence-corrected chi connectivity index (χ4v) is 1.78. The van der Waals surface area contributed by atoms with Gasteiger partial charge in [-0.2, -0.15) is 0 Å². The zero-order chi connectivity index (χ0) is 14.4. The summed E-state index contributed by atoms with van der Waals surface area (Å²) in [6, 6.07) is 16.3. The van der Waals surface area contributed by atoms with E-state index in [9.17, 15) is 9.90 Å². The fourth-order valence-electron chi connectivity index (χ4n) is 1.78. The number of aliphatic hydroxyl groups is 1. The molecule has 1 atom stereocenters. The zero-order valence-corrected chi connectivity index (χ0v) is 11.0. The smallest absolute Gasteiger partial charge is 0.339 e. The maximum atomic E-state index is 11.8. The van der Waals surface area contributed by atoms with Gasteiger partial charge >= 0.3 is 5.97 Å².